The predicted molar refractivity (Wildman–Crippen MR) is 174 cm³/mol. The number of carbonyl (C=O) groups is 2. The summed E-state index contributed by atoms with van der Waals surface area (Å²) in [4.78, 5) is 26.6. The average molecular weight is 614 g/mol. The molecule has 5 atom stereocenters. The molecule has 246 valence electrons. The Balaban J connectivity index is 1.92. The van der Waals surface area contributed by atoms with Crippen molar-refractivity contribution in [2.24, 2.45) is 23.5 Å². The number of aliphatic hydroxyl groups is 1. The van der Waals surface area contributed by atoms with Gasteiger partial charge in [-0.15, -0.1) is 0 Å². The lowest BCUT2D eigenvalue weighted by molar-refractivity contribution is -0.134. The van der Waals surface area contributed by atoms with Crippen LogP contribution in [0.1, 0.15) is 69.2 Å². The molecule has 0 aliphatic rings. The molecule has 2 amide bonds. The molecule has 2 rings (SSSR count). The van der Waals surface area contributed by atoms with Crippen LogP contribution in [0.4, 0.5) is 0 Å². The highest BCUT2D eigenvalue weighted by Crippen LogP contribution is 2.22. The number of rotatable bonds is 20. The molecule has 5 N–H and O–H groups in total. The molecule has 0 fully saturated rings. The molecule has 0 radical (unpaired) electrons. The van der Waals surface area contributed by atoms with E-state index in [0.717, 1.165) is 40.8 Å². The Kier molecular flexibility index (Phi) is 16.4. The van der Waals surface area contributed by atoms with Gasteiger partial charge in [0.2, 0.25) is 11.8 Å². The first kappa shape index (κ1) is 37.2. The second-order valence-corrected chi connectivity index (χ2v) is 12.2. The molecule has 9 nitrogen and oxygen atoms in total. The van der Waals surface area contributed by atoms with Crippen LogP contribution in [0.25, 0.3) is 0 Å². The summed E-state index contributed by atoms with van der Waals surface area (Å²) in [7, 11) is 1.67. The normalized spacial score (nSPS) is 14.9. The van der Waals surface area contributed by atoms with Gasteiger partial charge in [-0.05, 0) is 54.9 Å². The van der Waals surface area contributed by atoms with Gasteiger partial charge in [-0.2, -0.15) is 0 Å². The Labute approximate surface area is 264 Å². The maximum atomic E-state index is 13.5. The van der Waals surface area contributed by atoms with Crippen molar-refractivity contribution in [2.75, 3.05) is 26.9 Å². The van der Waals surface area contributed by atoms with Gasteiger partial charge in [0, 0.05) is 32.6 Å². The molecule has 0 unspecified atom stereocenters. The summed E-state index contributed by atoms with van der Waals surface area (Å²) in [5, 5.41) is 16.9. The van der Waals surface area contributed by atoms with Crippen molar-refractivity contribution in [3.63, 3.8) is 0 Å². The molecule has 2 aromatic carbocycles. The molecule has 0 saturated heterocycles. The van der Waals surface area contributed by atoms with Gasteiger partial charge in [-0.25, -0.2) is 0 Å². The van der Waals surface area contributed by atoms with Crippen molar-refractivity contribution >= 4 is 11.8 Å². The van der Waals surface area contributed by atoms with Gasteiger partial charge in [0.15, 0.2) is 0 Å². The van der Waals surface area contributed by atoms with Gasteiger partial charge in [0.25, 0.3) is 0 Å². The van der Waals surface area contributed by atoms with Crippen molar-refractivity contribution in [1.82, 2.24) is 10.6 Å². The summed E-state index contributed by atoms with van der Waals surface area (Å²) in [5.41, 5.74) is 10.4. The molecular weight excluding hydrogens is 558 g/mol. The molecule has 0 aliphatic heterocycles. The zero-order chi connectivity index (χ0) is 32.6. The SMILES string of the molecule is CC[C@H](C)[C@H](NC(=O)[C@@H](C[C@H](O)[C@@H](N)COCc1ccc(C)c(OCCCOC)c1)C(C)C)C(=O)NCc1ccc(C)cc1. The van der Waals surface area contributed by atoms with Gasteiger partial charge in [0.1, 0.15) is 11.8 Å². The number of hydrogen-bond acceptors (Lipinski definition) is 7. The number of methoxy groups -OCH3 is 1. The fourth-order valence-corrected chi connectivity index (χ4v) is 4.78. The number of carbonyl (C=O) groups excluding carboxylic acids is 2. The first-order valence-corrected chi connectivity index (χ1v) is 15.8. The summed E-state index contributed by atoms with van der Waals surface area (Å²) in [5.74, 6) is -0.342. The predicted octanol–water partition coefficient (Wildman–Crippen LogP) is 4.43. The van der Waals surface area contributed by atoms with Crippen LogP contribution in [-0.4, -0.2) is 62.0 Å². The average Bonchev–Trinajstić information content (AvgIpc) is 3.00. The van der Waals surface area contributed by atoms with Crippen LogP contribution >= 0.6 is 0 Å². The van der Waals surface area contributed by atoms with E-state index in [1.807, 2.05) is 84.0 Å². The highest BCUT2D eigenvalue weighted by Gasteiger charge is 2.32. The van der Waals surface area contributed by atoms with Gasteiger partial charge in [-0.1, -0.05) is 76.1 Å². The topological polar surface area (TPSA) is 132 Å². The molecule has 9 heteroatoms. The van der Waals surface area contributed by atoms with Crippen LogP contribution in [0.15, 0.2) is 42.5 Å². The Morgan fingerprint density at radius 3 is 2.30 bits per heavy atom. The van der Waals surface area contributed by atoms with Gasteiger partial charge < -0.3 is 35.7 Å². The van der Waals surface area contributed by atoms with Crippen LogP contribution in [-0.2, 0) is 32.2 Å². The van der Waals surface area contributed by atoms with Crippen molar-refractivity contribution in [1.29, 1.82) is 0 Å². The minimum Gasteiger partial charge on any atom is -0.493 e. The first-order valence-electron chi connectivity index (χ1n) is 15.8. The third kappa shape index (κ3) is 12.6. The maximum absolute atomic E-state index is 13.5. The minimum atomic E-state index is -0.955. The second-order valence-electron chi connectivity index (χ2n) is 12.2. The number of aliphatic hydroxyl groups excluding tert-OH is 1. The molecule has 0 bridgehead atoms. The van der Waals surface area contributed by atoms with Gasteiger partial charge in [-0.3, -0.25) is 9.59 Å². The monoisotopic (exact) mass is 613 g/mol. The maximum Gasteiger partial charge on any atom is 0.243 e. The summed E-state index contributed by atoms with van der Waals surface area (Å²) in [6, 6.07) is 12.5. The van der Waals surface area contributed by atoms with Crippen LogP contribution < -0.4 is 21.1 Å². The smallest absolute Gasteiger partial charge is 0.243 e. The summed E-state index contributed by atoms with van der Waals surface area (Å²) < 4.78 is 16.8. The standard InChI is InChI=1S/C35H55N3O6/c1-8-25(5)33(35(41)37-20-27-13-10-24(4)11-14-27)38-34(40)29(23(2)3)19-31(39)30(36)22-43-21-28-15-12-26(6)32(18-28)44-17-9-16-42-7/h10-15,18,23,25,29-31,33,39H,8-9,16-17,19-22,36H2,1-7H3,(H,37,41)(H,38,40)/t25-,29-,30-,31-,33-/m0/s1. The molecule has 0 spiro atoms. The van der Waals surface area contributed by atoms with Crippen LogP contribution in [0.2, 0.25) is 0 Å². The molecule has 0 heterocycles. The lowest BCUT2D eigenvalue weighted by Crippen LogP contribution is -2.52. The van der Waals surface area contributed by atoms with E-state index in [0.29, 0.717) is 26.4 Å². The van der Waals surface area contributed by atoms with E-state index in [1.54, 1.807) is 7.11 Å². The lowest BCUT2D eigenvalue weighted by atomic mass is 9.86. The van der Waals surface area contributed by atoms with E-state index in [9.17, 15) is 14.7 Å². The van der Waals surface area contributed by atoms with E-state index in [2.05, 4.69) is 10.6 Å². The Morgan fingerprint density at radius 1 is 0.977 bits per heavy atom. The lowest BCUT2D eigenvalue weighted by Gasteiger charge is -2.29. The van der Waals surface area contributed by atoms with E-state index in [1.165, 1.54) is 0 Å². The quantitative estimate of drug-likeness (QED) is 0.162. The Morgan fingerprint density at radius 2 is 1.66 bits per heavy atom. The van der Waals surface area contributed by atoms with Crippen molar-refractivity contribution < 1.29 is 28.9 Å². The largest absolute Gasteiger partial charge is 0.493 e. The molecular formula is C35H55N3O6. The van der Waals surface area contributed by atoms with Gasteiger partial charge >= 0.3 is 0 Å². The zero-order valence-corrected chi connectivity index (χ0v) is 27.7. The van der Waals surface area contributed by atoms with Crippen molar-refractivity contribution in [3.8, 4) is 5.75 Å². The van der Waals surface area contributed by atoms with E-state index < -0.39 is 24.1 Å². The fraction of sp³-hybridized carbons (Fsp3) is 0.600. The molecule has 0 aliphatic carbocycles. The number of ether oxygens (including phenoxy) is 3. The molecule has 0 saturated carbocycles. The number of aryl methyl sites for hydroxylation is 2. The number of benzene rings is 2. The van der Waals surface area contributed by atoms with E-state index >= 15 is 0 Å². The molecule has 0 aromatic heterocycles. The van der Waals surface area contributed by atoms with Crippen LogP contribution in [0.3, 0.4) is 0 Å². The summed E-state index contributed by atoms with van der Waals surface area (Å²) in [6.07, 6.45) is 0.736. The highest BCUT2D eigenvalue weighted by atomic mass is 16.5. The molecule has 2 aromatic rings. The third-order valence-electron chi connectivity index (χ3n) is 8.09. The van der Waals surface area contributed by atoms with E-state index in [-0.39, 0.29) is 36.7 Å². The number of nitrogens with two attached hydrogens (primary N) is 1. The Hall–Kier alpha value is -2.98. The Bertz CT molecular complexity index is 1140. The number of nitrogens with one attached hydrogen (secondary N) is 2. The summed E-state index contributed by atoms with van der Waals surface area (Å²) >= 11 is 0. The van der Waals surface area contributed by atoms with Crippen LogP contribution in [0, 0.1) is 31.6 Å². The number of amides is 2. The second kappa shape index (κ2) is 19.4. The van der Waals surface area contributed by atoms with Crippen molar-refractivity contribution in [2.45, 2.75) is 92.1 Å². The first-order chi connectivity index (χ1) is 21.0. The molecule has 44 heavy (non-hydrogen) atoms. The van der Waals surface area contributed by atoms with Crippen molar-refractivity contribution in [3.05, 3.63) is 64.7 Å². The van der Waals surface area contributed by atoms with E-state index in [4.69, 9.17) is 19.9 Å². The van der Waals surface area contributed by atoms with Gasteiger partial charge in [0.05, 0.1) is 32.0 Å². The number of hydrogen-bond donors (Lipinski definition) is 4. The summed E-state index contributed by atoms with van der Waals surface area (Å²) in [6.45, 7) is 13.9. The van der Waals surface area contributed by atoms with Crippen LogP contribution in [0.5, 0.6) is 5.75 Å². The minimum absolute atomic E-state index is 0.0663. The fourth-order valence-electron chi connectivity index (χ4n) is 4.78. The third-order valence-corrected chi connectivity index (χ3v) is 8.09. The highest BCUT2D eigenvalue weighted by molar-refractivity contribution is 5.88. The zero-order valence-electron chi connectivity index (χ0n) is 27.7.